The Morgan fingerprint density at radius 3 is 2.39 bits per heavy atom. The number of rotatable bonds is 3. The molecule has 3 N–H and O–H groups in total. The molecule has 2 aromatic carbocycles. The number of primary amides is 1. The van der Waals surface area contributed by atoms with Gasteiger partial charge in [-0.25, -0.2) is 9.48 Å². The fourth-order valence-electron chi connectivity index (χ4n) is 2.35. The van der Waals surface area contributed by atoms with Gasteiger partial charge in [0.05, 0.1) is 17.1 Å². The second kappa shape index (κ2) is 6.14. The van der Waals surface area contributed by atoms with Gasteiger partial charge in [0.15, 0.2) is 0 Å². The van der Waals surface area contributed by atoms with E-state index in [4.69, 9.17) is 17.3 Å². The Kier molecular flexibility index (Phi) is 4.04. The highest BCUT2D eigenvalue weighted by molar-refractivity contribution is 6.30. The quantitative estimate of drug-likeness (QED) is 0.763. The van der Waals surface area contributed by atoms with Crippen molar-refractivity contribution in [3.63, 3.8) is 0 Å². The van der Waals surface area contributed by atoms with E-state index in [-0.39, 0.29) is 0 Å². The van der Waals surface area contributed by atoms with E-state index in [9.17, 15) is 4.79 Å². The molecule has 0 aliphatic heterocycles. The second-order valence-electron chi connectivity index (χ2n) is 5.13. The highest BCUT2D eigenvalue weighted by atomic mass is 35.5. The summed E-state index contributed by atoms with van der Waals surface area (Å²) in [4.78, 5) is 10.9. The van der Waals surface area contributed by atoms with Crippen LogP contribution in [0.1, 0.15) is 5.69 Å². The number of hydrogen-bond acceptors (Lipinski definition) is 2. The predicted molar refractivity (Wildman–Crippen MR) is 92.0 cm³/mol. The molecule has 0 unspecified atom stereocenters. The minimum Gasteiger partial charge on any atom is -0.351 e. The summed E-state index contributed by atoms with van der Waals surface area (Å²) in [7, 11) is 0. The van der Waals surface area contributed by atoms with Crippen LogP contribution in [0.3, 0.4) is 0 Å². The van der Waals surface area contributed by atoms with Gasteiger partial charge in [-0.3, -0.25) is 0 Å². The molecule has 1 aromatic heterocycles. The Labute approximate surface area is 138 Å². The first-order valence-electron chi connectivity index (χ1n) is 7.02. The monoisotopic (exact) mass is 326 g/mol. The number of nitrogens with zero attached hydrogens (tertiary/aromatic N) is 2. The van der Waals surface area contributed by atoms with Crippen molar-refractivity contribution >= 4 is 23.3 Å². The van der Waals surface area contributed by atoms with E-state index in [2.05, 4.69) is 10.4 Å². The van der Waals surface area contributed by atoms with Crippen LogP contribution in [0.25, 0.3) is 16.9 Å². The molecule has 23 heavy (non-hydrogen) atoms. The summed E-state index contributed by atoms with van der Waals surface area (Å²) in [6, 6.07) is 16.3. The Balaban J connectivity index is 2.00. The molecular weight excluding hydrogens is 312 g/mol. The van der Waals surface area contributed by atoms with E-state index in [0.717, 1.165) is 22.6 Å². The Morgan fingerprint density at radius 1 is 1.13 bits per heavy atom. The lowest BCUT2D eigenvalue weighted by molar-refractivity contribution is 0.259. The van der Waals surface area contributed by atoms with Gasteiger partial charge in [0, 0.05) is 16.3 Å². The highest BCUT2D eigenvalue weighted by Gasteiger charge is 2.10. The molecule has 5 nitrogen and oxygen atoms in total. The molecule has 2 amide bonds. The summed E-state index contributed by atoms with van der Waals surface area (Å²) in [6.45, 7) is 1.94. The van der Waals surface area contributed by atoms with E-state index in [1.165, 1.54) is 0 Å². The van der Waals surface area contributed by atoms with Gasteiger partial charge in [-0.05, 0) is 49.4 Å². The average Bonchev–Trinajstić information content (AvgIpc) is 2.90. The van der Waals surface area contributed by atoms with Crippen LogP contribution in [0.4, 0.5) is 10.5 Å². The first-order chi connectivity index (χ1) is 11.0. The van der Waals surface area contributed by atoms with Crippen molar-refractivity contribution in [3.05, 3.63) is 65.3 Å². The zero-order valence-corrected chi connectivity index (χ0v) is 13.2. The summed E-state index contributed by atoms with van der Waals surface area (Å²) in [5.74, 6) is 0. The Morgan fingerprint density at radius 2 is 1.78 bits per heavy atom. The maximum Gasteiger partial charge on any atom is 0.316 e. The topological polar surface area (TPSA) is 72.9 Å². The van der Waals surface area contributed by atoms with Crippen molar-refractivity contribution in [3.8, 4) is 16.9 Å². The van der Waals surface area contributed by atoms with Crippen molar-refractivity contribution in [2.24, 2.45) is 5.73 Å². The molecule has 0 fully saturated rings. The SMILES string of the molecule is Cc1cc(-c2ccc(Cl)cc2)n(-c2ccc(NC(N)=O)cc2)n1. The van der Waals surface area contributed by atoms with E-state index in [1.807, 2.05) is 54.1 Å². The predicted octanol–water partition coefficient (Wildman–Crippen LogP) is 3.99. The average molecular weight is 327 g/mol. The standard InChI is InChI=1S/C17H15ClN4O/c1-11-10-16(12-2-4-13(18)5-3-12)22(21-11)15-8-6-14(7-9-15)20-17(19)23/h2-10H,1H3,(H3,19,20,23). The summed E-state index contributed by atoms with van der Waals surface area (Å²) in [5.41, 5.74) is 9.54. The molecule has 3 aromatic rings. The normalized spacial score (nSPS) is 10.5. The second-order valence-corrected chi connectivity index (χ2v) is 5.56. The van der Waals surface area contributed by atoms with Crippen LogP contribution < -0.4 is 11.1 Å². The lowest BCUT2D eigenvalue weighted by Gasteiger charge is -2.09. The van der Waals surface area contributed by atoms with Crippen LogP contribution in [0.15, 0.2) is 54.6 Å². The third kappa shape index (κ3) is 3.35. The molecule has 0 aliphatic carbocycles. The van der Waals surface area contributed by atoms with Crippen LogP contribution in [0.2, 0.25) is 5.02 Å². The van der Waals surface area contributed by atoms with Gasteiger partial charge in [-0.15, -0.1) is 0 Å². The molecule has 3 rings (SSSR count). The minimum atomic E-state index is -0.588. The summed E-state index contributed by atoms with van der Waals surface area (Å²) in [6.07, 6.45) is 0. The molecular formula is C17H15ClN4O. The number of aromatic nitrogens is 2. The van der Waals surface area contributed by atoms with Gasteiger partial charge in [-0.2, -0.15) is 5.10 Å². The third-order valence-electron chi connectivity index (χ3n) is 3.35. The molecule has 0 saturated heterocycles. The van der Waals surface area contributed by atoms with E-state index in [1.54, 1.807) is 12.1 Å². The largest absolute Gasteiger partial charge is 0.351 e. The van der Waals surface area contributed by atoms with Crippen LogP contribution in [-0.4, -0.2) is 15.8 Å². The maximum absolute atomic E-state index is 10.9. The van der Waals surface area contributed by atoms with Crippen LogP contribution >= 0.6 is 11.6 Å². The zero-order chi connectivity index (χ0) is 16.4. The number of benzene rings is 2. The van der Waals surface area contributed by atoms with Gasteiger partial charge in [-0.1, -0.05) is 23.7 Å². The number of carbonyl (C=O) groups is 1. The molecule has 0 bridgehead atoms. The Hall–Kier alpha value is -2.79. The van der Waals surface area contributed by atoms with Gasteiger partial charge >= 0.3 is 6.03 Å². The number of anilines is 1. The Bertz CT molecular complexity index is 838. The van der Waals surface area contributed by atoms with Gasteiger partial charge in [0.25, 0.3) is 0 Å². The molecule has 0 saturated carbocycles. The van der Waals surface area contributed by atoms with E-state index >= 15 is 0 Å². The van der Waals surface area contributed by atoms with Gasteiger partial charge in [0.1, 0.15) is 0 Å². The lowest BCUT2D eigenvalue weighted by Crippen LogP contribution is -2.19. The van der Waals surface area contributed by atoms with E-state index in [0.29, 0.717) is 10.7 Å². The molecule has 0 aliphatic rings. The van der Waals surface area contributed by atoms with Gasteiger partial charge in [0.2, 0.25) is 0 Å². The first-order valence-corrected chi connectivity index (χ1v) is 7.40. The zero-order valence-electron chi connectivity index (χ0n) is 12.5. The number of nitrogens with two attached hydrogens (primary N) is 1. The maximum atomic E-state index is 10.9. The van der Waals surface area contributed by atoms with Crippen LogP contribution in [0.5, 0.6) is 0 Å². The van der Waals surface area contributed by atoms with Gasteiger partial charge < -0.3 is 11.1 Å². The minimum absolute atomic E-state index is 0.588. The molecule has 1 heterocycles. The molecule has 6 heteroatoms. The molecule has 0 radical (unpaired) electrons. The first kappa shape index (κ1) is 15.1. The lowest BCUT2D eigenvalue weighted by atomic mass is 10.1. The van der Waals surface area contributed by atoms with Crippen molar-refractivity contribution in [1.82, 2.24) is 9.78 Å². The summed E-state index contributed by atoms with van der Waals surface area (Å²) >= 11 is 5.95. The smallest absolute Gasteiger partial charge is 0.316 e. The number of aryl methyl sites for hydroxylation is 1. The number of urea groups is 1. The van der Waals surface area contributed by atoms with Crippen LogP contribution in [-0.2, 0) is 0 Å². The number of halogens is 1. The molecule has 0 spiro atoms. The van der Waals surface area contributed by atoms with Crippen LogP contribution in [0, 0.1) is 6.92 Å². The summed E-state index contributed by atoms with van der Waals surface area (Å²) in [5, 5.41) is 7.77. The fraction of sp³-hybridized carbons (Fsp3) is 0.0588. The van der Waals surface area contributed by atoms with Crippen molar-refractivity contribution in [2.45, 2.75) is 6.92 Å². The summed E-state index contributed by atoms with van der Waals surface area (Å²) < 4.78 is 1.85. The third-order valence-corrected chi connectivity index (χ3v) is 3.60. The number of amides is 2. The fourth-order valence-corrected chi connectivity index (χ4v) is 2.48. The van der Waals surface area contributed by atoms with E-state index < -0.39 is 6.03 Å². The number of hydrogen-bond donors (Lipinski definition) is 2. The van der Waals surface area contributed by atoms with Crippen molar-refractivity contribution in [1.29, 1.82) is 0 Å². The highest BCUT2D eigenvalue weighted by Crippen LogP contribution is 2.26. The molecule has 116 valence electrons. The van der Waals surface area contributed by atoms with Crippen molar-refractivity contribution in [2.75, 3.05) is 5.32 Å². The molecule has 0 atom stereocenters. The number of carbonyl (C=O) groups excluding carboxylic acids is 1. The van der Waals surface area contributed by atoms with Crippen molar-refractivity contribution < 1.29 is 4.79 Å². The number of nitrogens with one attached hydrogen (secondary N) is 1.